The van der Waals surface area contributed by atoms with E-state index in [0.29, 0.717) is 0 Å². The first kappa shape index (κ1) is 11.6. The van der Waals surface area contributed by atoms with E-state index in [1.807, 2.05) is 13.8 Å². The topological polar surface area (TPSA) is 43.4 Å². The molecule has 1 saturated carbocycles. The molecule has 0 saturated heterocycles. The number of hydrogen-bond acceptors (Lipinski definition) is 3. The lowest BCUT2D eigenvalue weighted by Crippen LogP contribution is -2.08. The Hall–Kier alpha value is 0.490. The molecule has 0 heterocycles. The van der Waals surface area contributed by atoms with E-state index in [1.165, 1.54) is 0 Å². The van der Waals surface area contributed by atoms with Crippen molar-refractivity contribution in [3.63, 3.8) is 0 Å². The van der Waals surface area contributed by atoms with Gasteiger partial charge < -0.3 is 0 Å². The SMILES string of the molecule is CC1(C)C(COS(C)(=O)=O)C1(Cl)Cl. The van der Waals surface area contributed by atoms with Gasteiger partial charge in [-0.3, -0.25) is 4.18 Å². The van der Waals surface area contributed by atoms with E-state index >= 15 is 0 Å². The summed E-state index contributed by atoms with van der Waals surface area (Å²) in [5.74, 6) is -0.127. The molecular formula is C7H12Cl2O3S. The van der Waals surface area contributed by atoms with Crippen molar-refractivity contribution in [3.05, 3.63) is 0 Å². The summed E-state index contributed by atoms with van der Waals surface area (Å²) in [6.45, 7) is 3.81. The molecule has 0 N–H and O–H groups in total. The summed E-state index contributed by atoms with van der Waals surface area (Å²) in [5.41, 5.74) is -0.277. The van der Waals surface area contributed by atoms with Gasteiger partial charge in [0.15, 0.2) is 0 Å². The maximum absolute atomic E-state index is 10.7. The molecule has 0 radical (unpaired) electrons. The van der Waals surface area contributed by atoms with Crippen molar-refractivity contribution in [1.82, 2.24) is 0 Å². The van der Waals surface area contributed by atoms with Crippen LogP contribution in [0.4, 0.5) is 0 Å². The Labute approximate surface area is 88.5 Å². The highest BCUT2D eigenvalue weighted by Gasteiger charge is 2.70. The Bertz CT molecular complexity index is 294. The molecule has 1 fully saturated rings. The lowest BCUT2D eigenvalue weighted by atomic mass is 10.1. The number of alkyl halides is 2. The first-order valence-electron chi connectivity index (χ1n) is 3.81. The van der Waals surface area contributed by atoms with Gasteiger partial charge in [-0.25, -0.2) is 0 Å². The molecule has 0 aliphatic heterocycles. The third-order valence-electron chi connectivity index (χ3n) is 2.53. The Kier molecular flexibility index (Phi) is 2.66. The zero-order valence-electron chi connectivity index (χ0n) is 7.67. The van der Waals surface area contributed by atoms with Crippen LogP contribution in [0.15, 0.2) is 0 Å². The van der Waals surface area contributed by atoms with E-state index in [1.54, 1.807) is 0 Å². The van der Waals surface area contributed by atoms with E-state index in [0.717, 1.165) is 6.26 Å². The predicted molar refractivity (Wildman–Crippen MR) is 52.5 cm³/mol. The summed E-state index contributed by atoms with van der Waals surface area (Å²) in [6, 6.07) is 0. The molecule has 1 rings (SSSR count). The van der Waals surface area contributed by atoms with Crippen LogP contribution in [0.1, 0.15) is 13.8 Å². The van der Waals surface area contributed by atoms with Gasteiger partial charge in [0.25, 0.3) is 10.1 Å². The van der Waals surface area contributed by atoms with Crippen LogP contribution in [0.5, 0.6) is 0 Å². The van der Waals surface area contributed by atoms with Crippen molar-refractivity contribution in [1.29, 1.82) is 0 Å². The molecule has 1 atom stereocenters. The van der Waals surface area contributed by atoms with Crippen LogP contribution in [0.2, 0.25) is 0 Å². The highest BCUT2D eigenvalue weighted by Crippen LogP contribution is 2.68. The van der Waals surface area contributed by atoms with Gasteiger partial charge in [0.1, 0.15) is 4.33 Å². The van der Waals surface area contributed by atoms with Crippen LogP contribution in [-0.4, -0.2) is 25.6 Å². The first-order valence-corrected chi connectivity index (χ1v) is 6.38. The van der Waals surface area contributed by atoms with E-state index in [9.17, 15) is 8.42 Å². The minimum Gasteiger partial charge on any atom is -0.270 e. The van der Waals surface area contributed by atoms with Gasteiger partial charge in [0.2, 0.25) is 0 Å². The first-order chi connectivity index (χ1) is 5.59. The molecule has 1 aliphatic carbocycles. The summed E-state index contributed by atoms with van der Waals surface area (Å²) in [6.07, 6.45) is 1.01. The summed E-state index contributed by atoms with van der Waals surface area (Å²) >= 11 is 11.8. The van der Waals surface area contributed by atoms with Gasteiger partial charge >= 0.3 is 0 Å². The maximum atomic E-state index is 10.7. The number of hydrogen-bond donors (Lipinski definition) is 0. The van der Waals surface area contributed by atoms with E-state index in [4.69, 9.17) is 23.2 Å². The third-order valence-corrected chi connectivity index (χ3v) is 4.60. The summed E-state index contributed by atoms with van der Waals surface area (Å²) in [5, 5.41) is 0. The van der Waals surface area contributed by atoms with Crippen molar-refractivity contribution in [2.45, 2.75) is 18.2 Å². The zero-order chi connectivity index (χ0) is 10.5. The summed E-state index contributed by atoms with van der Waals surface area (Å²) in [4.78, 5) is 0. The van der Waals surface area contributed by atoms with Gasteiger partial charge in [0, 0.05) is 11.3 Å². The Morgan fingerprint density at radius 3 is 2.00 bits per heavy atom. The third kappa shape index (κ3) is 2.12. The lowest BCUT2D eigenvalue weighted by Gasteiger charge is -2.00. The molecule has 78 valence electrons. The minimum absolute atomic E-state index is 0.0544. The second-order valence-corrected chi connectivity index (χ2v) is 6.92. The molecule has 0 spiro atoms. The average molecular weight is 247 g/mol. The van der Waals surface area contributed by atoms with Gasteiger partial charge in [0.05, 0.1) is 12.9 Å². The van der Waals surface area contributed by atoms with Crippen LogP contribution in [0, 0.1) is 11.3 Å². The summed E-state index contributed by atoms with van der Waals surface area (Å²) < 4.78 is 25.1. The van der Waals surface area contributed by atoms with Crippen LogP contribution in [0.25, 0.3) is 0 Å². The molecule has 0 aromatic carbocycles. The zero-order valence-corrected chi connectivity index (χ0v) is 10.0. The van der Waals surface area contributed by atoms with Crippen molar-refractivity contribution in [3.8, 4) is 0 Å². The Balaban J connectivity index is 2.53. The monoisotopic (exact) mass is 246 g/mol. The van der Waals surface area contributed by atoms with E-state index in [2.05, 4.69) is 4.18 Å². The van der Waals surface area contributed by atoms with E-state index < -0.39 is 14.5 Å². The van der Waals surface area contributed by atoms with Gasteiger partial charge in [-0.1, -0.05) is 13.8 Å². The second kappa shape index (κ2) is 2.99. The van der Waals surface area contributed by atoms with Gasteiger partial charge in [-0.2, -0.15) is 8.42 Å². The van der Waals surface area contributed by atoms with Crippen LogP contribution in [0.3, 0.4) is 0 Å². The predicted octanol–water partition coefficient (Wildman–Crippen LogP) is 1.79. The van der Waals surface area contributed by atoms with Crippen molar-refractivity contribution >= 4 is 33.3 Å². The molecule has 6 heteroatoms. The number of halogens is 2. The average Bonchev–Trinajstić information content (AvgIpc) is 2.19. The van der Waals surface area contributed by atoms with Crippen molar-refractivity contribution in [2.75, 3.05) is 12.9 Å². The van der Waals surface area contributed by atoms with Gasteiger partial charge in [-0.05, 0) is 0 Å². The highest BCUT2D eigenvalue weighted by atomic mass is 35.5. The standard InChI is InChI=1S/C7H12Cl2O3S/c1-6(2)5(7(6,8)9)4-12-13(3,10)11/h5H,4H2,1-3H3. The molecule has 0 aromatic rings. The fraction of sp³-hybridized carbons (Fsp3) is 1.00. The normalized spacial score (nSPS) is 30.1. The smallest absolute Gasteiger partial charge is 0.264 e. The molecule has 0 aromatic heterocycles. The molecule has 0 bridgehead atoms. The quantitative estimate of drug-likeness (QED) is 0.564. The molecule has 3 nitrogen and oxygen atoms in total. The minimum atomic E-state index is -3.40. The molecule has 0 amide bonds. The lowest BCUT2D eigenvalue weighted by molar-refractivity contribution is 0.286. The highest BCUT2D eigenvalue weighted by molar-refractivity contribution is 7.85. The molecule has 13 heavy (non-hydrogen) atoms. The van der Waals surface area contributed by atoms with E-state index in [-0.39, 0.29) is 17.9 Å². The Morgan fingerprint density at radius 1 is 1.38 bits per heavy atom. The maximum Gasteiger partial charge on any atom is 0.264 e. The largest absolute Gasteiger partial charge is 0.270 e. The van der Waals surface area contributed by atoms with Crippen molar-refractivity contribution in [2.24, 2.45) is 11.3 Å². The van der Waals surface area contributed by atoms with Crippen molar-refractivity contribution < 1.29 is 12.6 Å². The summed E-state index contributed by atoms with van der Waals surface area (Å²) in [7, 11) is -3.40. The Morgan fingerprint density at radius 2 is 1.77 bits per heavy atom. The number of rotatable bonds is 3. The fourth-order valence-electron chi connectivity index (χ4n) is 1.26. The second-order valence-electron chi connectivity index (χ2n) is 3.89. The molecular weight excluding hydrogens is 235 g/mol. The molecule has 1 aliphatic rings. The van der Waals surface area contributed by atoms with Crippen LogP contribution >= 0.6 is 23.2 Å². The van der Waals surface area contributed by atoms with Crippen LogP contribution in [-0.2, 0) is 14.3 Å². The van der Waals surface area contributed by atoms with Crippen LogP contribution < -0.4 is 0 Å². The van der Waals surface area contributed by atoms with Gasteiger partial charge in [-0.15, -0.1) is 23.2 Å². The fourth-order valence-corrected chi connectivity index (χ4v) is 2.47. The molecule has 1 unspecified atom stereocenters.